The van der Waals surface area contributed by atoms with Crippen molar-refractivity contribution in [3.05, 3.63) is 42.2 Å². The second-order valence-corrected chi connectivity index (χ2v) is 6.36. The van der Waals surface area contributed by atoms with Crippen molar-refractivity contribution in [3.63, 3.8) is 0 Å². The van der Waals surface area contributed by atoms with Crippen molar-refractivity contribution in [3.8, 4) is 0 Å². The van der Waals surface area contributed by atoms with Crippen LogP contribution in [-0.4, -0.2) is 36.0 Å². The number of allylic oxidation sites excluding steroid dienone is 2. The van der Waals surface area contributed by atoms with Gasteiger partial charge in [0.1, 0.15) is 5.82 Å². The van der Waals surface area contributed by atoms with Crippen molar-refractivity contribution in [2.45, 2.75) is 31.7 Å². The summed E-state index contributed by atoms with van der Waals surface area (Å²) in [5, 5.41) is 5.55. The zero-order valence-corrected chi connectivity index (χ0v) is 13.5. The normalized spacial score (nSPS) is 23.1. The van der Waals surface area contributed by atoms with Gasteiger partial charge in [-0.1, -0.05) is 12.2 Å². The van der Waals surface area contributed by atoms with E-state index in [-0.39, 0.29) is 29.7 Å². The minimum atomic E-state index is -0.344. The lowest BCUT2D eigenvalue weighted by molar-refractivity contribution is -0.134. The Hall–Kier alpha value is -2.37. The van der Waals surface area contributed by atoms with E-state index < -0.39 is 0 Å². The van der Waals surface area contributed by atoms with Crippen LogP contribution in [-0.2, 0) is 4.79 Å². The van der Waals surface area contributed by atoms with Gasteiger partial charge in [0.05, 0.1) is 0 Å². The summed E-state index contributed by atoms with van der Waals surface area (Å²) in [5.74, 6) is -0.0622. The quantitative estimate of drug-likeness (QED) is 0.837. The van der Waals surface area contributed by atoms with Crippen molar-refractivity contribution in [1.82, 2.24) is 10.2 Å². The van der Waals surface area contributed by atoms with E-state index in [9.17, 15) is 14.0 Å². The second-order valence-electron chi connectivity index (χ2n) is 6.36. The Bertz CT molecular complexity index is 630. The number of likely N-dealkylation sites (tertiary alicyclic amines) is 1. The summed E-state index contributed by atoms with van der Waals surface area (Å²) in [5.41, 5.74) is 0.536. The summed E-state index contributed by atoms with van der Waals surface area (Å²) in [6, 6.07) is 5.23. The largest absolute Gasteiger partial charge is 0.340 e. The highest BCUT2D eigenvalue weighted by atomic mass is 19.1. The summed E-state index contributed by atoms with van der Waals surface area (Å²) in [4.78, 5) is 26.3. The average Bonchev–Trinajstić information content (AvgIpc) is 3.05. The van der Waals surface area contributed by atoms with Gasteiger partial charge >= 0.3 is 6.03 Å². The molecule has 0 bridgehead atoms. The molecule has 5 nitrogen and oxygen atoms in total. The van der Waals surface area contributed by atoms with Crippen LogP contribution in [0.5, 0.6) is 0 Å². The smallest absolute Gasteiger partial charge is 0.319 e. The van der Waals surface area contributed by atoms with Crippen LogP contribution in [0.25, 0.3) is 0 Å². The molecule has 3 amide bonds. The molecule has 1 aromatic rings. The number of nitrogens with one attached hydrogen (secondary N) is 2. The first-order valence-corrected chi connectivity index (χ1v) is 8.38. The number of carbonyl (C=O) groups excluding carboxylic acids is 2. The summed E-state index contributed by atoms with van der Waals surface area (Å²) >= 11 is 0. The number of urea groups is 1. The maximum Gasteiger partial charge on any atom is 0.319 e. The van der Waals surface area contributed by atoms with Crippen molar-refractivity contribution >= 4 is 17.6 Å². The highest BCUT2D eigenvalue weighted by Crippen LogP contribution is 2.23. The molecule has 0 saturated carbocycles. The fourth-order valence-electron chi connectivity index (χ4n) is 3.24. The van der Waals surface area contributed by atoms with Gasteiger partial charge in [-0.25, -0.2) is 9.18 Å². The number of nitrogens with zero attached hydrogens (tertiary/aromatic N) is 1. The van der Waals surface area contributed by atoms with Gasteiger partial charge in [-0.05, 0) is 49.9 Å². The molecular formula is C18H22FN3O2. The number of benzene rings is 1. The number of hydrogen-bond acceptors (Lipinski definition) is 2. The molecule has 1 heterocycles. The molecule has 6 heteroatoms. The van der Waals surface area contributed by atoms with Crippen LogP contribution in [0.3, 0.4) is 0 Å². The monoisotopic (exact) mass is 331 g/mol. The third kappa shape index (κ3) is 4.13. The van der Waals surface area contributed by atoms with Crippen molar-refractivity contribution in [2.75, 3.05) is 18.4 Å². The lowest BCUT2D eigenvalue weighted by atomic mass is 9.93. The predicted molar refractivity (Wildman–Crippen MR) is 90.0 cm³/mol. The average molecular weight is 331 g/mol. The van der Waals surface area contributed by atoms with Gasteiger partial charge in [0.15, 0.2) is 0 Å². The van der Waals surface area contributed by atoms with E-state index in [1.165, 1.54) is 24.3 Å². The van der Waals surface area contributed by atoms with E-state index in [4.69, 9.17) is 0 Å². The van der Waals surface area contributed by atoms with E-state index in [1.807, 2.05) is 4.90 Å². The molecule has 2 N–H and O–H groups in total. The number of anilines is 1. The first-order chi connectivity index (χ1) is 11.6. The molecule has 1 aromatic carbocycles. The van der Waals surface area contributed by atoms with Crippen LogP contribution in [0.4, 0.5) is 14.9 Å². The van der Waals surface area contributed by atoms with Gasteiger partial charge in [0, 0.05) is 30.7 Å². The van der Waals surface area contributed by atoms with Crippen LogP contribution < -0.4 is 10.6 Å². The number of amides is 3. The van der Waals surface area contributed by atoms with E-state index in [1.54, 1.807) is 0 Å². The standard InChI is InChI=1S/C18H22FN3O2/c19-14-6-8-15(9-7-14)20-18(24)21-16-10-11-22(12-16)17(23)13-4-2-1-3-5-13/h1-2,6-9,13,16H,3-5,10-12H2,(H2,20,21,24)/t13-,16-/m0/s1. The van der Waals surface area contributed by atoms with Gasteiger partial charge in [-0.2, -0.15) is 0 Å². The number of rotatable bonds is 3. The molecule has 2 atom stereocenters. The van der Waals surface area contributed by atoms with Gasteiger partial charge in [-0.3, -0.25) is 4.79 Å². The Morgan fingerprint density at radius 2 is 1.92 bits per heavy atom. The lowest BCUT2D eigenvalue weighted by Crippen LogP contribution is -2.41. The van der Waals surface area contributed by atoms with Crippen LogP contribution >= 0.6 is 0 Å². The summed E-state index contributed by atoms with van der Waals surface area (Å²) in [6.45, 7) is 1.23. The second kappa shape index (κ2) is 7.47. The topological polar surface area (TPSA) is 61.4 Å². The highest BCUT2D eigenvalue weighted by Gasteiger charge is 2.31. The molecule has 1 aliphatic heterocycles. The van der Waals surface area contributed by atoms with Crippen molar-refractivity contribution in [2.24, 2.45) is 5.92 Å². The first-order valence-electron chi connectivity index (χ1n) is 8.38. The van der Waals surface area contributed by atoms with Crippen LogP contribution in [0, 0.1) is 11.7 Å². The molecule has 2 aliphatic rings. The fraction of sp³-hybridized carbons (Fsp3) is 0.444. The zero-order valence-electron chi connectivity index (χ0n) is 13.5. The van der Waals surface area contributed by atoms with E-state index in [0.717, 1.165) is 25.7 Å². The Morgan fingerprint density at radius 3 is 2.62 bits per heavy atom. The molecule has 3 rings (SSSR count). The van der Waals surface area contributed by atoms with Gasteiger partial charge < -0.3 is 15.5 Å². The van der Waals surface area contributed by atoms with Crippen molar-refractivity contribution < 1.29 is 14.0 Å². The predicted octanol–water partition coefficient (Wildman–Crippen LogP) is 2.90. The van der Waals surface area contributed by atoms with Crippen molar-refractivity contribution in [1.29, 1.82) is 0 Å². The maximum absolute atomic E-state index is 12.9. The van der Waals surface area contributed by atoms with E-state index in [0.29, 0.717) is 18.8 Å². The molecule has 1 fully saturated rings. The van der Waals surface area contributed by atoms with Gasteiger partial charge in [0.2, 0.25) is 5.91 Å². The molecule has 24 heavy (non-hydrogen) atoms. The third-order valence-electron chi connectivity index (χ3n) is 4.56. The molecular weight excluding hydrogens is 309 g/mol. The van der Waals surface area contributed by atoms with Crippen LogP contribution in [0.15, 0.2) is 36.4 Å². The Balaban J connectivity index is 1.47. The first kappa shape index (κ1) is 16.5. The third-order valence-corrected chi connectivity index (χ3v) is 4.56. The Kier molecular flexibility index (Phi) is 5.13. The molecule has 0 unspecified atom stereocenters. The van der Waals surface area contributed by atoms with Crippen LogP contribution in [0.1, 0.15) is 25.7 Å². The van der Waals surface area contributed by atoms with Gasteiger partial charge in [0.25, 0.3) is 0 Å². The van der Waals surface area contributed by atoms with Gasteiger partial charge in [-0.15, -0.1) is 0 Å². The maximum atomic E-state index is 12.9. The molecule has 0 spiro atoms. The molecule has 0 aromatic heterocycles. The minimum absolute atomic E-state index is 0.0477. The van der Waals surface area contributed by atoms with E-state index >= 15 is 0 Å². The Labute approximate surface area is 140 Å². The molecule has 1 saturated heterocycles. The summed E-state index contributed by atoms with van der Waals surface area (Å²) in [6.07, 6.45) is 7.65. The zero-order chi connectivity index (χ0) is 16.9. The minimum Gasteiger partial charge on any atom is -0.340 e. The molecule has 0 radical (unpaired) electrons. The molecule has 1 aliphatic carbocycles. The molecule has 128 valence electrons. The fourth-order valence-corrected chi connectivity index (χ4v) is 3.24. The lowest BCUT2D eigenvalue weighted by Gasteiger charge is -2.24. The number of carbonyl (C=O) groups is 2. The Morgan fingerprint density at radius 1 is 1.12 bits per heavy atom. The van der Waals surface area contributed by atoms with Crippen LogP contribution in [0.2, 0.25) is 0 Å². The summed E-state index contributed by atoms with van der Waals surface area (Å²) in [7, 11) is 0. The number of halogens is 1. The SMILES string of the molecule is O=C(Nc1ccc(F)cc1)N[C@H]1CCN(C(=O)[C@H]2CC=CCC2)C1. The van der Waals surface area contributed by atoms with E-state index in [2.05, 4.69) is 22.8 Å². The summed E-state index contributed by atoms with van der Waals surface area (Å²) < 4.78 is 12.9. The highest BCUT2D eigenvalue weighted by molar-refractivity contribution is 5.89. The number of hydrogen-bond donors (Lipinski definition) is 2.